The first kappa shape index (κ1) is 22.0. The molecule has 2 heterocycles. The van der Waals surface area contributed by atoms with Gasteiger partial charge >= 0.3 is 0 Å². The molecule has 0 saturated heterocycles. The van der Waals surface area contributed by atoms with Crippen molar-refractivity contribution >= 4 is 28.4 Å². The first-order chi connectivity index (χ1) is 16.7. The van der Waals surface area contributed by atoms with Gasteiger partial charge in [0.1, 0.15) is 17.3 Å². The van der Waals surface area contributed by atoms with E-state index in [2.05, 4.69) is 10.2 Å². The third-order valence-corrected chi connectivity index (χ3v) is 6.27. The Bertz CT molecular complexity index is 1530. The summed E-state index contributed by atoms with van der Waals surface area (Å²) in [4.78, 5) is 13.4. The van der Waals surface area contributed by atoms with Gasteiger partial charge in [0.2, 0.25) is 5.78 Å². The van der Waals surface area contributed by atoms with Gasteiger partial charge in [0.15, 0.2) is 5.16 Å². The summed E-state index contributed by atoms with van der Waals surface area (Å²) >= 11 is 1.45. The molecule has 34 heavy (non-hydrogen) atoms. The van der Waals surface area contributed by atoms with E-state index in [4.69, 9.17) is 9.47 Å². The van der Waals surface area contributed by atoms with Crippen molar-refractivity contribution in [1.82, 2.24) is 19.2 Å². The molecule has 0 atom stereocenters. The van der Waals surface area contributed by atoms with Crippen molar-refractivity contribution < 1.29 is 13.9 Å². The highest BCUT2D eigenvalue weighted by Gasteiger charge is 2.18. The van der Waals surface area contributed by atoms with Crippen molar-refractivity contribution in [1.29, 1.82) is 0 Å². The van der Waals surface area contributed by atoms with E-state index in [1.807, 2.05) is 46.9 Å². The Labute approximate surface area is 198 Å². The van der Waals surface area contributed by atoms with E-state index in [0.29, 0.717) is 46.7 Å². The van der Waals surface area contributed by atoms with E-state index in [1.165, 1.54) is 23.9 Å². The number of hydrogen-bond acceptors (Lipinski definition) is 6. The summed E-state index contributed by atoms with van der Waals surface area (Å²) in [5, 5.41) is 9.93. The molecule has 5 rings (SSSR count). The van der Waals surface area contributed by atoms with Crippen molar-refractivity contribution in [3.05, 3.63) is 94.5 Å². The van der Waals surface area contributed by atoms with E-state index in [9.17, 15) is 9.18 Å². The second kappa shape index (κ2) is 9.56. The zero-order chi connectivity index (χ0) is 23.5. The third kappa shape index (κ3) is 4.22. The van der Waals surface area contributed by atoms with Crippen LogP contribution in [0.1, 0.15) is 5.56 Å². The number of thioether (sulfide) groups is 1. The number of nitrogens with zero attached hydrogens (tertiary/aromatic N) is 4. The summed E-state index contributed by atoms with van der Waals surface area (Å²) in [6.07, 6.45) is 0. The summed E-state index contributed by atoms with van der Waals surface area (Å²) in [5.74, 6) is 1.85. The Morgan fingerprint density at radius 2 is 1.82 bits per heavy atom. The summed E-state index contributed by atoms with van der Waals surface area (Å²) in [5.41, 5.74) is 1.45. The minimum Gasteiger partial charge on any atom is -0.496 e. The Balaban J connectivity index is 1.49. The quantitative estimate of drug-likeness (QED) is 0.244. The maximum Gasteiger partial charge on any atom is 0.263 e. The first-order valence-corrected chi connectivity index (χ1v) is 11.6. The summed E-state index contributed by atoms with van der Waals surface area (Å²) in [6, 6.07) is 21.0. The molecule has 0 saturated carbocycles. The number of ether oxygens (including phenoxy) is 2. The molecule has 0 amide bonds. The van der Waals surface area contributed by atoms with E-state index in [1.54, 1.807) is 29.9 Å². The van der Waals surface area contributed by atoms with Gasteiger partial charge in [0.05, 0.1) is 31.2 Å². The highest BCUT2D eigenvalue weighted by atomic mass is 32.2. The van der Waals surface area contributed by atoms with Crippen LogP contribution >= 0.6 is 11.8 Å². The molecular formula is C25H21FN4O3S. The minimum atomic E-state index is -0.340. The Morgan fingerprint density at radius 1 is 1.00 bits per heavy atom. The normalized spacial score (nSPS) is 11.2. The molecule has 7 nitrogen and oxygen atoms in total. The molecule has 0 aliphatic rings. The molecule has 0 N–H and O–H groups in total. The zero-order valence-electron chi connectivity index (χ0n) is 18.3. The average molecular weight is 477 g/mol. The zero-order valence-corrected chi connectivity index (χ0v) is 19.2. The number of benzene rings is 3. The van der Waals surface area contributed by atoms with Gasteiger partial charge in [-0.25, -0.2) is 4.39 Å². The van der Waals surface area contributed by atoms with Crippen LogP contribution in [0.5, 0.6) is 11.5 Å². The lowest BCUT2D eigenvalue weighted by Gasteiger charge is -2.13. The van der Waals surface area contributed by atoms with Crippen LogP contribution in [0.3, 0.4) is 0 Å². The molecule has 0 radical (unpaired) electrons. The van der Waals surface area contributed by atoms with Gasteiger partial charge in [0.25, 0.3) is 5.56 Å². The van der Waals surface area contributed by atoms with Gasteiger partial charge in [-0.15, -0.1) is 10.2 Å². The fourth-order valence-corrected chi connectivity index (χ4v) is 4.58. The highest BCUT2D eigenvalue weighted by Crippen LogP contribution is 2.24. The Morgan fingerprint density at radius 3 is 2.68 bits per heavy atom. The molecular weight excluding hydrogens is 455 g/mol. The summed E-state index contributed by atoms with van der Waals surface area (Å²) < 4.78 is 28.0. The second-order valence-electron chi connectivity index (χ2n) is 7.49. The standard InChI is InChI=1S/C25H21FN4O3S/c1-32-22-12-5-2-7-17(22)16-29-23(31)20-10-3-4-11-21(20)30-24(29)27-28-25(30)34-14-13-33-19-9-6-8-18(26)15-19/h2-12,15H,13-14,16H2,1H3. The lowest BCUT2D eigenvalue weighted by molar-refractivity contribution is 0.342. The van der Waals surface area contributed by atoms with Crippen LogP contribution in [0.15, 0.2) is 82.7 Å². The number of para-hydroxylation sites is 2. The summed E-state index contributed by atoms with van der Waals surface area (Å²) in [6.45, 7) is 0.657. The molecule has 3 aromatic carbocycles. The number of methoxy groups -OCH3 is 1. The van der Waals surface area contributed by atoms with Crippen molar-refractivity contribution in [2.75, 3.05) is 19.5 Å². The largest absolute Gasteiger partial charge is 0.496 e. The average Bonchev–Trinajstić information content (AvgIpc) is 3.28. The van der Waals surface area contributed by atoms with Crippen LogP contribution in [0.4, 0.5) is 4.39 Å². The number of halogens is 1. The maximum absolute atomic E-state index is 13.4. The fraction of sp³-hybridized carbons (Fsp3) is 0.160. The van der Waals surface area contributed by atoms with Crippen LogP contribution in [0.2, 0.25) is 0 Å². The molecule has 9 heteroatoms. The maximum atomic E-state index is 13.4. The van der Waals surface area contributed by atoms with Crippen molar-refractivity contribution in [2.24, 2.45) is 0 Å². The van der Waals surface area contributed by atoms with Gasteiger partial charge in [-0.1, -0.05) is 48.2 Å². The van der Waals surface area contributed by atoms with E-state index >= 15 is 0 Å². The van der Waals surface area contributed by atoms with Crippen LogP contribution in [-0.2, 0) is 6.54 Å². The Hall–Kier alpha value is -3.85. The molecule has 0 spiro atoms. The minimum absolute atomic E-state index is 0.146. The predicted octanol–water partition coefficient (Wildman–Crippen LogP) is 4.41. The van der Waals surface area contributed by atoms with Crippen LogP contribution in [0, 0.1) is 5.82 Å². The first-order valence-electron chi connectivity index (χ1n) is 10.7. The van der Waals surface area contributed by atoms with Gasteiger partial charge in [0, 0.05) is 17.4 Å². The lowest BCUT2D eigenvalue weighted by atomic mass is 10.2. The van der Waals surface area contributed by atoms with E-state index < -0.39 is 0 Å². The molecule has 0 aliphatic carbocycles. The van der Waals surface area contributed by atoms with Crippen LogP contribution < -0.4 is 15.0 Å². The lowest BCUT2D eigenvalue weighted by Crippen LogP contribution is -2.24. The number of aromatic nitrogens is 4. The fourth-order valence-electron chi connectivity index (χ4n) is 3.82. The SMILES string of the molecule is COc1ccccc1Cn1c(=O)c2ccccc2n2c(SCCOc3cccc(F)c3)nnc12. The smallest absolute Gasteiger partial charge is 0.263 e. The number of rotatable bonds is 8. The van der Waals surface area contributed by atoms with Gasteiger partial charge < -0.3 is 9.47 Å². The number of hydrogen-bond donors (Lipinski definition) is 0. The highest BCUT2D eigenvalue weighted by molar-refractivity contribution is 7.99. The second-order valence-corrected chi connectivity index (χ2v) is 8.55. The summed E-state index contributed by atoms with van der Waals surface area (Å²) in [7, 11) is 1.61. The topological polar surface area (TPSA) is 70.7 Å². The monoisotopic (exact) mass is 476 g/mol. The van der Waals surface area contributed by atoms with E-state index in [-0.39, 0.29) is 11.4 Å². The molecule has 172 valence electrons. The van der Waals surface area contributed by atoms with E-state index in [0.717, 1.165) is 11.1 Å². The molecule has 2 aromatic heterocycles. The third-order valence-electron chi connectivity index (χ3n) is 5.38. The predicted molar refractivity (Wildman–Crippen MR) is 129 cm³/mol. The number of fused-ring (bicyclic) bond motifs is 3. The molecule has 0 fully saturated rings. The molecule has 0 bridgehead atoms. The molecule has 0 unspecified atom stereocenters. The molecule has 0 aliphatic heterocycles. The Kier molecular flexibility index (Phi) is 6.18. The van der Waals surface area contributed by atoms with Gasteiger partial charge in [-0.05, 0) is 30.3 Å². The van der Waals surface area contributed by atoms with Crippen LogP contribution in [0.25, 0.3) is 16.7 Å². The van der Waals surface area contributed by atoms with Gasteiger partial charge in [-0.3, -0.25) is 13.8 Å². The van der Waals surface area contributed by atoms with Gasteiger partial charge in [-0.2, -0.15) is 0 Å². The van der Waals surface area contributed by atoms with Crippen molar-refractivity contribution in [3.8, 4) is 11.5 Å². The van der Waals surface area contributed by atoms with Crippen molar-refractivity contribution in [2.45, 2.75) is 11.7 Å². The van der Waals surface area contributed by atoms with Crippen LogP contribution in [-0.4, -0.2) is 38.6 Å². The molecule has 5 aromatic rings. The van der Waals surface area contributed by atoms with Crippen molar-refractivity contribution in [3.63, 3.8) is 0 Å².